The third-order valence-electron chi connectivity index (χ3n) is 5.56. The second-order valence-corrected chi connectivity index (χ2v) is 9.08. The van der Waals surface area contributed by atoms with Crippen molar-refractivity contribution in [3.63, 3.8) is 0 Å². The Labute approximate surface area is 178 Å². The lowest BCUT2D eigenvalue weighted by molar-refractivity contribution is -0.131. The number of amides is 1. The lowest BCUT2D eigenvalue weighted by atomic mass is 9.99. The first-order valence-electron chi connectivity index (χ1n) is 10.2. The molecule has 0 aliphatic carbocycles. The Morgan fingerprint density at radius 1 is 1.13 bits per heavy atom. The van der Waals surface area contributed by atoms with Crippen molar-refractivity contribution in [2.24, 2.45) is 5.92 Å². The number of carbonyl (C=O) groups excluding carboxylic acids is 1. The number of likely N-dealkylation sites (tertiary alicyclic amines) is 1. The van der Waals surface area contributed by atoms with E-state index in [1.807, 2.05) is 11.8 Å². The van der Waals surface area contributed by atoms with Crippen LogP contribution in [0.15, 0.2) is 58.5 Å². The number of benzene rings is 2. The van der Waals surface area contributed by atoms with Gasteiger partial charge in [-0.3, -0.25) is 14.2 Å². The molecule has 1 fully saturated rings. The van der Waals surface area contributed by atoms with E-state index in [1.54, 1.807) is 42.5 Å². The Kier molecular flexibility index (Phi) is 5.90. The minimum atomic E-state index is -0.512. The molecule has 7 heteroatoms. The standard InChI is InChI=1S/C23H24FN3O2S/c1-15-11-13-26(14-12-15)21(28)16(2)30-23-25-19-9-5-3-7-17(19)22(29)27(23)20-10-6-4-8-18(20)24/h3-10,15-16H,11-14H2,1-2H3. The van der Waals surface area contributed by atoms with Crippen LogP contribution in [0.4, 0.5) is 4.39 Å². The van der Waals surface area contributed by atoms with Crippen molar-refractivity contribution in [3.05, 3.63) is 64.7 Å². The molecule has 2 aromatic carbocycles. The fraction of sp³-hybridized carbons (Fsp3) is 0.348. The first-order valence-corrected chi connectivity index (χ1v) is 11.1. The molecule has 0 radical (unpaired) electrons. The number of fused-ring (bicyclic) bond motifs is 1. The molecule has 3 aromatic rings. The van der Waals surface area contributed by atoms with Crippen LogP contribution in [0.3, 0.4) is 0 Å². The maximum Gasteiger partial charge on any atom is 0.266 e. The average Bonchev–Trinajstić information content (AvgIpc) is 2.75. The molecule has 0 saturated carbocycles. The molecular formula is C23H24FN3O2S. The van der Waals surface area contributed by atoms with E-state index in [0.717, 1.165) is 25.9 Å². The maximum atomic E-state index is 14.6. The van der Waals surface area contributed by atoms with Crippen LogP contribution in [0, 0.1) is 11.7 Å². The Bertz CT molecular complexity index is 1140. The van der Waals surface area contributed by atoms with Crippen molar-refractivity contribution >= 4 is 28.6 Å². The predicted octanol–water partition coefficient (Wildman–Crippen LogP) is 4.26. The number of piperidine rings is 1. The average molecular weight is 426 g/mol. The van der Waals surface area contributed by atoms with Gasteiger partial charge in [0.15, 0.2) is 5.16 Å². The zero-order valence-electron chi connectivity index (χ0n) is 17.0. The fourth-order valence-corrected chi connectivity index (χ4v) is 4.74. The summed E-state index contributed by atoms with van der Waals surface area (Å²) in [6.07, 6.45) is 1.99. The number of aromatic nitrogens is 2. The molecule has 1 amide bonds. The van der Waals surface area contributed by atoms with Crippen molar-refractivity contribution in [2.75, 3.05) is 13.1 Å². The molecule has 30 heavy (non-hydrogen) atoms. The molecular weight excluding hydrogens is 401 g/mol. The molecule has 5 nitrogen and oxygen atoms in total. The molecule has 1 atom stereocenters. The van der Waals surface area contributed by atoms with Gasteiger partial charge >= 0.3 is 0 Å². The molecule has 0 bridgehead atoms. The maximum absolute atomic E-state index is 14.6. The number of thioether (sulfide) groups is 1. The van der Waals surface area contributed by atoms with Crippen LogP contribution in [0.5, 0.6) is 0 Å². The smallest absolute Gasteiger partial charge is 0.266 e. The van der Waals surface area contributed by atoms with Gasteiger partial charge < -0.3 is 4.90 Å². The molecule has 4 rings (SSSR count). The van der Waals surface area contributed by atoms with Gasteiger partial charge in [0.1, 0.15) is 5.82 Å². The van der Waals surface area contributed by atoms with E-state index < -0.39 is 11.1 Å². The quantitative estimate of drug-likeness (QED) is 0.463. The van der Waals surface area contributed by atoms with E-state index in [-0.39, 0.29) is 17.2 Å². The molecule has 1 unspecified atom stereocenters. The highest BCUT2D eigenvalue weighted by molar-refractivity contribution is 8.00. The van der Waals surface area contributed by atoms with Gasteiger partial charge in [0.25, 0.3) is 5.56 Å². The highest BCUT2D eigenvalue weighted by Gasteiger charge is 2.27. The molecule has 2 heterocycles. The number of para-hydroxylation sites is 2. The van der Waals surface area contributed by atoms with Gasteiger partial charge in [-0.25, -0.2) is 9.37 Å². The Morgan fingerprint density at radius 2 is 1.80 bits per heavy atom. The van der Waals surface area contributed by atoms with E-state index in [0.29, 0.717) is 22.0 Å². The molecule has 0 spiro atoms. The van der Waals surface area contributed by atoms with Crippen LogP contribution in [-0.2, 0) is 4.79 Å². The normalized spacial score (nSPS) is 16.0. The largest absolute Gasteiger partial charge is 0.342 e. The summed E-state index contributed by atoms with van der Waals surface area (Å²) in [4.78, 5) is 32.7. The van der Waals surface area contributed by atoms with Crippen LogP contribution in [0.1, 0.15) is 26.7 Å². The predicted molar refractivity (Wildman–Crippen MR) is 118 cm³/mol. The summed E-state index contributed by atoms with van der Waals surface area (Å²) in [6, 6.07) is 13.1. The molecule has 156 valence electrons. The first kappa shape index (κ1) is 20.6. The Hall–Kier alpha value is -2.67. The molecule has 1 aromatic heterocycles. The second-order valence-electron chi connectivity index (χ2n) is 7.77. The number of nitrogens with zero attached hydrogens (tertiary/aromatic N) is 3. The number of rotatable bonds is 4. The van der Waals surface area contributed by atoms with E-state index in [1.165, 1.54) is 22.4 Å². The SMILES string of the molecule is CC1CCN(C(=O)C(C)Sc2nc3ccccc3c(=O)n2-c2ccccc2F)CC1. The third kappa shape index (κ3) is 3.99. The highest BCUT2D eigenvalue weighted by Crippen LogP contribution is 2.28. The Morgan fingerprint density at radius 3 is 2.53 bits per heavy atom. The lowest BCUT2D eigenvalue weighted by Gasteiger charge is -2.32. The zero-order valence-corrected chi connectivity index (χ0v) is 17.9. The van der Waals surface area contributed by atoms with Gasteiger partial charge in [-0.05, 0) is 49.9 Å². The fourth-order valence-electron chi connectivity index (χ4n) is 3.73. The summed E-state index contributed by atoms with van der Waals surface area (Å²) in [5, 5.41) is 0.286. The summed E-state index contributed by atoms with van der Waals surface area (Å²) in [5.41, 5.74) is 0.318. The van der Waals surface area contributed by atoms with Gasteiger partial charge in [0.2, 0.25) is 5.91 Å². The van der Waals surface area contributed by atoms with Crippen LogP contribution >= 0.6 is 11.8 Å². The van der Waals surface area contributed by atoms with Crippen molar-refractivity contribution in [1.29, 1.82) is 0 Å². The van der Waals surface area contributed by atoms with Gasteiger partial charge in [0, 0.05) is 13.1 Å². The molecule has 1 aliphatic rings. The van der Waals surface area contributed by atoms with E-state index in [9.17, 15) is 14.0 Å². The van der Waals surface area contributed by atoms with Crippen LogP contribution in [0.2, 0.25) is 0 Å². The van der Waals surface area contributed by atoms with Gasteiger partial charge in [-0.2, -0.15) is 0 Å². The minimum absolute atomic E-state index is 0.0226. The first-order chi connectivity index (χ1) is 14.5. The number of hydrogen-bond acceptors (Lipinski definition) is 4. The van der Waals surface area contributed by atoms with Crippen LogP contribution < -0.4 is 5.56 Å². The second kappa shape index (κ2) is 8.60. The molecule has 1 aliphatic heterocycles. The van der Waals surface area contributed by atoms with Crippen molar-refractivity contribution in [3.8, 4) is 5.69 Å². The summed E-state index contributed by atoms with van der Waals surface area (Å²) in [7, 11) is 0. The summed E-state index contributed by atoms with van der Waals surface area (Å²) in [6.45, 7) is 5.51. The Balaban J connectivity index is 1.74. The summed E-state index contributed by atoms with van der Waals surface area (Å²) < 4.78 is 15.9. The monoisotopic (exact) mass is 425 g/mol. The van der Waals surface area contributed by atoms with Gasteiger partial charge in [-0.1, -0.05) is 43.0 Å². The van der Waals surface area contributed by atoms with Gasteiger partial charge in [-0.15, -0.1) is 0 Å². The summed E-state index contributed by atoms with van der Waals surface area (Å²) >= 11 is 1.20. The van der Waals surface area contributed by atoms with Crippen LogP contribution in [0.25, 0.3) is 16.6 Å². The van der Waals surface area contributed by atoms with E-state index >= 15 is 0 Å². The van der Waals surface area contributed by atoms with Gasteiger partial charge in [0.05, 0.1) is 21.8 Å². The minimum Gasteiger partial charge on any atom is -0.342 e. The highest BCUT2D eigenvalue weighted by atomic mass is 32.2. The van der Waals surface area contributed by atoms with Crippen LogP contribution in [-0.4, -0.2) is 38.7 Å². The summed E-state index contributed by atoms with van der Waals surface area (Å²) in [5.74, 6) is 0.141. The third-order valence-corrected chi connectivity index (χ3v) is 6.60. The van der Waals surface area contributed by atoms with Crippen molar-refractivity contribution in [2.45, 2.75) is 37.1 Å². The van der Waals surface area contributed by atoms with E-state index in [4.69, 9.17) is 0 Å². The number of hydrogen-bond donors (Lipinski definition) is 0. The van der Waals surface area contributed by atoms with Crippen molar-refractivity contribution in [1.82, 2.24) is 14.5 Å². The molecule has 0 N–H and O–H groups in total. The topological polar surface area (TPSA) is 55.2 Å². The lowest BCUT2D eigenvalue weighted by Crippen LogP contribution is -2.42. The van der Waals surface area contributed by atoms with Crippen molar-refractivity contribution < 1.29 is 9.18 Å². The number of carbonyl (C=O) groups is 1. The van der Waals surface area contributed by atoms with E-state index in [2.05, 4.69) is 11.9 Å². The number of halogens is 1. The molecule has 1 saturated heterocycles. The zero-order chi connectivity index (χ0) is 21.3.